The van der Waals surface area contributed by atoms with Gasteiger partial charge in [0.2, 0.25) is 0 Å². The molecule has 1 aromatic heterocycles. The van der Waals surface area contributed by atoms with Crippen LogP contribution >= 0.6 is 0 Å². The highest BCUT2D eigenvalue weighted by atomic mass is 15.2. The minimum Gasteiger partial charge on any atom is -0.362 e. The first-order valence-electron chi connectivity index (χ1n) is 5.50. The number of nitrogens with zero attached hydrogens (tertiary/aromatic N) is 4. The lowest BCUT2D eigenvalue weighted by molar-refractivity contribution is 0.447. The van der Waals surface area contributed by atoms with Gasteiger partial charge in [-0.3, -0.25) is 0 Å². The summed E-state index contributed by atoms with van der Waals surface area (Å²) in [7, 11) is 0. The smallest absolute Gasteiger partial charge is 0.250 e. The molecule has 0 bridgehead atoms. The molecule has 1 aliphatic rings. The summed E-state index contributed by atoms with van der Waals surface area (Å²) < 4.78 is 0. The summed E-state index contributed by atoms with van der Waals surface area (Å²) in [6, 6.07) is 1.80. The van der Waals surface area contributed by atoms with Crippen molar-refractivity contribution in [2.45, 2.75) is 25.7 Å². The molecule has 0 N–H and O–H groups in total. The molecule has 0 radical (unpaired) electrons. The molecule has 0 aromatic carbocycles. The first kappa shape index (κ1) is 10.1. The fourth-order valence-corrected chi connectivity index (χ4v) is 1.70. The molecular weight excluding hydrogens is 188 g/mol. The molecule has 1 aliphatic heterocycles. The maximum Gasteiger partial charge on any atom is 0.250 e. The van der Waals surface area contributed by atoms with Crippen LogP contribution in [0.5, 0.6) is 0 Å². The normalized spacial score (nSPS) is 18.0. The second kappa shape index (κ2) is 5.44. The van der Waals surface area contributed by atoms with Crippen molar-refractivity contribution in [3.63, 3.8) is 0 Å². The van der Waals surface area contributed by atoms with E-state index in [-0.39, 0.29) is 0 Å². The van der Waals surface area contributed by atoms with E-state index in [9.17, 15) is 0 Å². The number of aromatic nitrogens is 2. The molecule has 0 amide bonds. The second-order valence-electron chi connectivity index (χ2n) is 3.74. The average molecular weight is 204 g/mol. The molecule has 2 rings (SSSR count). The number of aliphatic imine (C=N–C) groups is 1. The Labute approximate surface area is 90.1 Å². The fourth-order valence-electron chi connectivity index (χ4n) is 1.70. The third-order valence-corrected chi connectivity index (χ3v) is 2.53. The van der Waals surface area contributed by atoms with E-state index in [1.54, 1.807) is 18.5 Å². The molecule has 0 atom stereocenters. The molecule has 2 heterocycles. The van der Waals surface area contributed by atoms with Gasteiger partial charge in [-0.2, -0.15) is 0 Å². The summed E-state index contributed by atoms with van der Waals surface area (Å²) in [5.74, 6) is 0.543. The predicted octanol–water partition coefficient (Wildman–Crippen LogP) is 2.01. The van der Waals surface area contributed by atoms with Gasteiger partial charge in [-0.1, -0.05) is 12.8 Å². The topological polar surface area (TPSA) is 41.4 Å². The number of rotatable bonds is 2. The zero-order chi connectivity index (χ0) is 10.3. The standard InChI is InChI=1S/C11H16N4/c1-2-4-9-15(8-3-1)10-14-11-12-6-5-7-13-11/h5-7,10H,1-4,8-9H2/b14-10+. The maximum absolute atomic E-state index is 4.25. The lowest BCUT2D eigenvalue weighted by Gasteiger charge is -2.15. The summed E-state index contributed by atoms with van der Waals surface area (Å²) in [6.45, 7) is 2.21. The minimum atomic E-state index is 0.543. The van der Waals surface area contributed by atoms with Crippen LogP contribution in [0, 0.1) is 0 Å². The van der Waals surface area contributed by atoms with Crippen molar-refractivity contribution in [2.75, 3.05) is 13.1 Å². The zero-order valence-corrected chi connectivity index (χ0v) is 8.84. The maximum atomic E-state index is 4.25. The van der Waals surface area contributed by atoms with Crippen molar-refractivity contribution in [3.05, 3.63) is 18.5 Å². The lowest BCUT2D eigenvalue weighted by atomic mass is 10.2. The summed E-state index contributed by atoms with van der Waals surface area (Å²) in [5.41, 5.74) is 0. The van der Waals surface area contributed by atoms with E-state index in [1.807, 2.05) is 6.34 Å². The van der Waals surface area contributed by atoms with Crippen molar-refractivity contribution in [2.24, 2.45) is 4.99 Å². The van der Waals surface area contributed by atoms with Crippen LogP contribution in [0.4, 0.5) is 5.95 Å². The van der Waals surface area contributed by atoms with E-state index in [2.05, 4.69) is 19.9 Å². The number of hydrogen-bond acceptors (Lipinski definition) is 3. The highest BCUT2D eigenvalue weighted by Crippen LogP contribution is 2.08. The Bertz CT molecular complexity index is 302. The summed E-state index contributed by atoms with van der Waals surface area (Å²) in [4.78, 5) is 14.6. The van der Waals surface area contributed by atoms with Crippen LogP contribution < -0.4 is 0 Å². The zero-order valence-electron chi connectivity index (χ0n) is 8.84. The van der Waals surface area contributed by atoms with Gasteiger partial charge in [0.05, 0.1) is 6.34 Å². The van der Waals surface area contributed by atoms with Crippen molar-refractivity contribution in [1.82, 2.24) is 14.9 Å². The molecule has 1 fully saturated rings. The van der Waals surface area contributed by atoms with Gasteiger partial charge in [-0.05, 0) is 18.9 Å². The van der Waals surface area contributed by atoms with Crippen molar-refractivity contribution >= 4 is 12.3 Å². The van der Waals surface area contributed by atoms with E-state index in [0.717, 1.165) is 13.1 Å². The van der Waals surface area contributed by atoms with Crippen LogP contribution in [0.1, 0.15) is 25.7 Å². The summed E-state index contributed by atoms with van der Waals surface area (Å²) in [6.07, 6.45) is 10.5. The molecule has 1 saturated heterocycles. The molecule has 0 unspecified atom stereocenters. The van der Waals surface area contributed by atoms with Crippen LogP contribution in [0.15, 0.2) is 23.5 Å². The van der Waals surface area contributed by atoms with Gasteiger partial charge < -0.3 is 4.90 Å². The largest absolute Gasteiger partial charge is 0.362 e. The van der Waals surface area contributed by atoms with Gasteiger partial charge >= 0.3 is 0 Å². The molecule has 4 heteroatoms. The highest BCUT2D eigenvalue weighted by Gasteiger charge is 2.04. The average Bonchev–Trinajstić information content (AvgIpc) is 2.56. The Hall–Kier alpha value is -1.45. The quantitative estimate of drug-likeness (QED) is 0.546. The molecule has 0 spiro atoms. The molecule has 1 aromatic rings. The fraction of sp³-hybridized carbons (Fsp3) is 0.545. The van der Waals surface area contributed by atoms with E-state index in [1.165, 1.54) is 25.7 Å². The van der Waals surface area contributed by atoms with Crippen LogP contribution in [-0.4, -0.2) is 34.3 Å². The third-order valence-electron chi connectivity index (χ3n) is 2.53. The van der Waals surface area contributed by atoms with E-state index in [0.29, 0.717) is 5.95 Å². The highest BCUT2D eigenvalue weighted by molar-refractivity contribution is 5.58. The predicted molar refractivity (Wildman–Crippen MR) is 60.2 cm³/mol. The van der Waals surface area contributed by atoms with Gasteiger partial charge in [0.1, 0.15) is 0 Å². The van der Waals surface area contributed by atoms with Crippen LogP contribution in [-0.2, 0) is 0 Å². The first-order chi connectivity index (χ1) is 7.45. The van der Waals surface area contributed by atoms with Gasteiger partial charge in [0, 0.05) is 25.5 Å². The Kier molecular flexibility index (Phi) is 3.65. The van der Waals surface area contributed by atoms with Crippen molar-refractivity contribution < 1.29 is 0 Å². The Morgan fingerprint density at radius 3 is 2.40 bits per heavy atom. The lowest BCUT2D eigenvalue weighted by Crippen LogP contribution is -2.22. The van der Waals surface area contributed by atoms with Crippen LogP contribution in [0.3, 0.4) is 0 Å². The Morgan fingerprint density at radius 2 is 1.73 bits per heavy atom. The molecule has 80 valence electrons. The van der Waals surface area contributed by atoms with Crippen molar-refractivity contribution in [3.8, 4) is 0 Å². The molecule has 0 aliphatic carbocycles. The second-order valence-corrected chi connectivity index (χ2v) is 3.74. The summed E-state index contributed by atoms with van der Waals surface area (Å²) >= 11 is 0. The molecule has 15 heavy (non-hydrogen) atoms. The van der Waals surface area contributed by atoms with Gasteiger partial charge in [0.15, 0.2) is 0 Å². The monoisotopic (exact) mass is 204 g/mol. The third kappa shape index (κ3) is 3.31. The molecule has 0 saturated carbocycles. The Morgan fingerprint density at radius 1 is 1.07 bits per heavy atom. The van der Waals surface area contributed by atoms with Crippen molar-refractivity contribution in [1.29, 1.82) is 0 Å². The number of likely N-dealkylation sites (tertiary alicyclic amines) is 1. The van der Waals surface area contributed by atoms with Gasteiger partial charge in [-0.25, -0.2) is 15.0 Å². The van der Waals surface area contributed by atoms with E-state index < -0.39 is 0 Å². The van der Waals surface area contributed by atoms with E-state index >= 15 is 0 Å². The van der Waals surface area contributed by atoms with Gasteiger partial charge in [0.25, 0.3) is 5.95 Å². The van der Waals surface area contributed by atoms with E-state index in [4.69, 9.17) is 0 Å². The van der Waals surface area contributed by atoms with Crippen LogP contribution in [0.2, 0.25) is 0 Å². The minimum absolute atomic E-state index is 0.543. The summed E-state index contributed by atoms with van der Waals surface area (Å²) in [5, 5.41) is 0. The van der Waals surface area contributed by atoms with Gasteiger partial charge in [-0.15, -0.1) is 0 Å². The molecular formula is C11H16N4. The Balaban J connectivity index is 1.92. The number of hydrogen-bond donors (Lipinski definition) is 0. The van der Waals surface area contributed by atoms with Crippen LogP contribution in [0.25, 0.3) is 0 Å². The SMILES string of the molecule is C(=N\c1ncccn1)/N1CCCCCC1. The molecule has 4 nitrogen and oxygen atoms in total. The first-order valence-corrected chi connectivity index (χ1v) is 5.50.